The van der Waals surface area contributed by atoms with Gasteiger partial charge in [-0.1, -0.05) is 36.4 Å². The van der Waals surface area contributed by atoms with Crippen LogP contribution in [0.1, 0.15) is 22.3 Å². The van der Waals surface area contributed by atoms with Gasteiger partial charge in [0, 0.05) is 25.0 Å². The highest BCUT2D eigenvalue weighted by molar-refractivity contribution is 6.03. The van der Waals surface area contributed by atoms with Gasteiger partial charge in [-0.05, 0) is 59.0 Å². The van der Waals surface area contributed by atoms with E-state index in [1.54, 1.807) is 11.1 Å². The molecule has 154 valence electrons. The van der Waals surface area contributed by atoms with Gasteiger partial charge in [0.05, 0.1) is 21.9 Å². The zero-order valence-corrected chi connectivity index (χ0v) is 18.7. The average molecular weight is 415 g/mol. The molecule has 7 rings (SSSR count). The van der Waals surface area contributed by atoms with Gasteiger partial charge in [0.1, 0.15) is 0 Å². The number of pyridine rings is 2. The molecular formula is C30H26N2+2. The van der Waals surface area contributed by atoms with Crippen molar-refractivity contribution in [2.45, 2.75) is 39.8 Å². The normalized spacial score (nSPS) is 14.1. The quantitative estimate of drug-likeness (QED) is 0.290. The largest absolute Gasteiger partial charge is 0.221 e. The first-order valence-corrected chi connectivity index (χ1v) is 11.7. The summed E-state index contributed by atoms with van der Waals surface area (Å²) in [4.78, 5) is 0. The van der Waals surface area contributed by atoms with Crippen LogP contribution in [0.25, 0.3) is 44.1 Å². The Hall–Kier alpha value is -3.52. The van der Waals surface area contributed by atoms with E-state index >= 15 is 0 Å². The minimum atomic E-state index is 1.04. The number of hydrogen-bond acceptors (Lipinski definition) is 0. The number of rotatable bonds is 0. The van der Waals surface area contributed by atoms with E-state index in [9.17, 15) is 0 Å². The monoisotopic (exact) mass is 414 g/mol. The third-order valence-electron chi connectivity index (χ3n) is 7.87. The van der Waals surface area contributed by atoms with Crippen molar-refractivity contribution in [1.29, 1.82) is 0 Å². The van der Waals surface area contributed by atoms with Crippen molar-refractivity contribution >= 4 is 21.5 Å². The zero-order valence-electron chi connectivity index (χ0n) is 18.7. The molecule has 2 heteroatoms. The Morgan fingerprint density at radius 1 is 0.562 bits per heavy atom. The first-order chi connectivity index (χ1) is 15.7. The molecule has 0 atom stereocenters. The third-order valence-corrected chi connectivity index (χ3v) is 7.87. The van der Waals surface area contributed by atoms with Crippen LogP contribution in [0.15, 0.2) is 73.1 Å². The van der Waals surface area contributed by atoms with Crippen LogP contribution in [0.2, 0.25) is 0 Å². The van der Waals surface area contributed by atoms with Gasteiger partial charge in [-0.2, -0.15) is 9.13 Å². The minimum absolute atomic E-state index is 1.04. The molecule has 3 aromatic carbocycles. The van der Waals surface area contributed by atoms with E-state index in [4.69, 9.17) is 0 Å². The van der Waals surface area contributed by atoms with Gasteiger partial charge in [0.15, 0.2) is 25.5 Å². The van der Waals surface area contributed by atoms with Crippen molar-refractivity contribution in [2.75, 3.05) is 0 Å². The maximum Gasteiger partial charge on any atom is 0.221 e. The van der Waals surface area contributed by atoms with Crippen LogP contribution in [0, 0.1) is 13.8 Å². The molecule has 32 heavy (non-hydrogen) atoms. The molecule has 2 aliphatic heterocycles. The summed E-state index contributed by atoms with van der Waals surface area (Å²) in [6.07, 6.45) is 6.77. The zero-order chi connectivity index (χ0) is 21.4. The van der Waals surface area contributed by atoms with Gasteiger partial charge in [-0.3, -0.25) is 0 Å². The second-order valence-electron chi connectivity index (χ2n) is 9.35. The molecule has 0 saturated carbocycles. The molecule has 0 fully saturated rings. The maximum absolute atomic E-state index is 2.49. The summed E-state index contributed by atoms with van der Waals surface area (Å²) in [7, 11) is 0. The molecular weight excluding hydrogens is 388 g/mol. The van der Waals surface area contributed by atoms with Gasteiger partial charge in [-0.25, -0.2) is 0 Å². The lowest BCUT2D eigenvalue weighted by Crippen LogP contribution is -2.43. The molecule has 5 aromatic rings. The molecule has 0 amide bonds. The summed E-state index contributed by atoms with van der Waals surface area (Å²) >= 11 is 0. The highest BCUT2D eigenvalue weighted by atomic mass is 15.0. The molecule has 0 N–H and O–H groups in total. The number of hydrogen-bond donors (Lipinski definition) is 0. The topological polar surface area (TPSA) is 7.76 Å². The van der Waals surface area contributed by atoms with Crippen molar-refractivity contribution < 1.29 is 9.13 Å². The van der Waals surface area contributed by atoms with Crippen molar-refractivity contribution in [2.24, 2.45) is 0 Å². The lowest BCUT2D eigenvalue weighted by molar-refractivity contribution is -0.688. The molecule has 4 heterocycles. The Kier molecular flexibility index (Phi) is 3.67. The summed E-state index contributed by atoms with van der Waals surface area (Å²) < 4.78 is 4.98. The number of aromatic nitrogens is 2. The summed E-state index contributed by atoms with van der Waals surface area (Å²) in [5.74, 6) is 0. The Morgan fingerprint density at radius 2 is 1.00 bits per heavy atom. The maximum atomic E-state index is 2.49. The number of nitrogens with zero attached hydrogens (tertiary/aromatic N) is 2. The van der Waals surface area contributed by atoms with E-state index in [0.29, 0.717) is 0 Å². The fourth-order valence-electron chi connectivity index (χ4n) is 6.19. The van der Waals surface area contributed by atoms with Crippen molar-refractivity contribution in [3.05, 3.63) is 95.3 Å². The molecule has 0 aliphatic carbocycles. The van der Waals surface area contributed by atoms with Crippen LogP contribution in [0.4, 0.5) is 0 Å². The highest BCUT2D eigenvalue weighted by Gasteiger charge is 2.37. The second kappa shape index (κ2) is 6.49. The molecule has 2 aliphatic rings. The third kappa shape index (κ3) is 2.30. The van der Waals surface area contributed by atoms with E-state index in [0.717, 1.165) is 25.9 Å². The van der Waals surface area contributed by atoms with Gasteiger partial charge in [0.2, 0.25) is 11.4 Å². The summed E-state index contributed by atoms with van der Waals surface area (Å²) in [6, 6.07) is 22.3. The van der Waals surface area contributed by atoms with Crippen LogP contribution in [0.5, 0.6) is 0 Å². The molecule has 2 nitrogen and oxygen atoms in total. The van der Waals surface area contributed by atoms with E-state index in [1.807, 2.05) is 0 Å². The van der Waals surface area contributed by atoms with Gasteiger partial charge >= 0.3 is 0 Å². The van der Waals surface area contributed by atoms with Crippen molar-refractivity contribution in [1.82, 2.24) is 0 Å². The number of aryl methyl sites for hydroxylation is 2. The standard InChI is InChI=1S/C30H26N2/c1-19-20(2)24-14-18-32-16-12-22-8-4-6-10-26(22)30(32)28(24)27-23(19)13-17-31-15-11-21-7-3-5-9-25(21)29(27)31/h3-12,15-16H,13-14,17-18H2,1-2H3/q+2. The predicted molar refractivity (Wildman–Crippen MR) is 130 cm³/mol. The highest BCUT2D eigenvalue weighted by Crippen LogP contribution is 2.46. The lowest BCUT2D eigenvalue weighted by atomic mass is 9.78. The smallest absolute Gasteiger partial charge is 0.197 e. The van der Waals surface area contributed by atoms with E-state index in [2.05, 4.69) is 96.0 Å². The summed E-state index contributed by atoms with van der Waals surface area (Å²) in [6.45, 7) is 6.78. The van der Waals surface area contributed by atoms with Crippen molar-refractivity contribution in [3.63, 3.8) is 0 Å². The van der Waals surface area contributed by atoms with Gasteiger partial charge < -0.3 is 0 Å². The minimum Gasteiger partial charge on any atom is -0.197 e. The molecule has 0 spiro atoms. The van der Waals surface area contributed by atoms with Gasteiger partial charge in [0.25, 0.3) is 0 Å². The predicted octanol–water partition coefficient (Wildman–Crippen LogP) is 5.63. The van der Waals surface area contributed by atoms with Gasteiger partial charge in [-0.15, -0.1) is 0 Å². The van der Waals surface area contributed by atoms with Crippen LogP contribution in [-0.4, -0.2) is 0 Å². The fraction of sp³-hybridized carbons (Fsp3) is 0.200. The summed E-state index contributed by atoms with van der Waals surface area (Å²) in [5, 5.41) is 5.36. The average Bonchev–Trinajstić information content (AvgIpc) is 2.85. The Morgan fingerprint density at radius 3 is 1.47 bits per heavy atom. The Balaban J connectivity index is 1.71. The molecule has 0 bridgehead atoms. The van der Waals surface area contributed by atoms with E-state index in [1.165, 1.54) is 55.2 Å². The Labute approximate surface area is 188 Å². The Bertz CT molecular complexity index is 1470. The SMILES string of the molecule is Cc1c(C)c2c(c3c1CC[n+]1ccc4ccccc4c1-3)-c1c3ccccc3cc[n+]1CC2. The first kappa shape index (κ1) is 18.1. The van der Waals surface area contributed by atoms with Crippen LogP contribution in [0.3, 0.4) is 0 Å². The first-order valence-electron chi connectivity index (χ1n) is 11.7. The van der Waals surface area contributed by atoms with Crippen LogP contribution >= 0.6 is 0 Å². The second-order valence-corrected chi connectivity index (χ2v) is 9.35. The number of benzene rings is 3. The molecule has 0 saturated heterocycles. The molecule has 0 radical (unpaired) electrons. The fourth-order valence-corrected chi connectivity index (χ4v) is 6.19. The van der Waals surface area contributed by atoms with E-state index < -0.39 is 0 Å². The molecule has 0 unspecified atom stereocenters. The van der Waals surface area contributed by atoms with Crippen LogP contribution in [-0.2, 0) is 25.9 Å². The lowest BCUT2D eigenvalue weighted by Gasteiger charge is -2.27. The van der Waals surface area contributed by atoms with E-state index in [-0.39, 0.29) is 0 Å². The van der Waals surface area contributed by atoms with Crippen LogP contribution < -0.4 is 9.13 Å². The number of fused-ring (bicyclic) bond motifs is 11. The molecule has 2 aromatic heterocycles. The summed E-state index contributed by atoms with van der Waals surface area (Å²) in [5.41, 5.74) is 11.8. The van der Waals surface area contributed by atoms with Crippen molar-refractivity contribution in [3.8, 4) is 22.5 Å².